The molecule has 2 aromatic heterocycles. The summed E-state index contributed by atoms with van der Waals surface area (Å²) in [6, 6.07) is 15.9. The summed E-state index contributed by atoms with van der Waals surface area (Å²) in [5, 5.41) is 7.39. The fraction of sp³-hybridized carbons (Fsp3) is 0.211. The third kappa shape index (κ3) is 4.07. The molecule has 5 nitrogen and oxygen atoms in total. The Morgan fingerprint density at radius 3 is 2.62 bits per heavy atom. The van der Waals surface area contributed by atoms with Gasteiger partial charge in [0.1, 0.15) is 0 Å². The standard InChI is InChI=1S/C19H20N4O/c1-23-18(16-9-11-20-12-10-16)13-17(22-23)14-21-19(24)8-7-15-5-3-2-4-6-15/h2-6,9-13H,7-8,14H2,1H3,(H,21,24). The number of carbonyl (C=O) groups is 1. The number of carbonyl (C=O) groups excluding carboxylic acids is 1. The summed E-state index contributed by atoms with van der Waals surface area (Å²) in [6.45, 7) is 0.437. The number of rotatable bonds is 6. The van der Waals surface area contributed by atoms with Crippen molar-refractivity contribution in [3.05, 3.63) is 72.2 Å². The fourth-order valence-electron chi connectivity index (χ4n) is 2.59. The molecule has 0 bridgehead atoms. The Kier molecular flexibility index (Phi) is 5.01. The molecule has 1 amide bonds. The highest BCUT2D eigenvalue weighted by atomic mass is 16.1. The highest BCUT2D eigenvalue weighted by Gasteiger charge is 2.08. The van der Waals surface area contributed by atoms with Gasteiger partial charge in [-0.05, 0) is 30.2 Å². The Labute approximate surface area is 141 Å². The molecule has 0 radical (unpaired) electrons. The second-order valence-electron chi connectivity index (χ2n) is 5.64. The van der Waals surface area contributed by atoms with Crippen LogP contribution in [0.2, 0.25) is 0 Å². The monoisotopic (exact) mass is 320 g/mol. The number of nitrogens with one attached hydrogen (secondary N) is 1. The Morgan fingerprint density at radius 1 is 1.12 bits per heavy atom. The van der Waals surface area contributed by atoms with Crippen molar-refractivity contribution in [3.8, 4) is 11.3 Å². The van der Waals surface area contributed by atoms with Crippen molar-refractivity contribution in [1.29, 1.82) is 0 Å². The van der Waals surface area contributed by atoms with Crippen LogP contribution in [-0.4, -0.2) is 20.7 Å². The van der Waals surface area contributed by atoms with Crippen molar-refractivity contribution in [1.82, 2.24) is 20.1 Å². The fourth-order valence-corrected chi connectivity index (χ4v) is 2.59. The van der Waals surface area contributed by atoms with Gasteiger partial charge in [-0.25, -0.2) is 0 Å². The number of nitrogens with zero attached hydrogens (tertiary/aromatic N) is 3. The summed E-state index contributed by atoms with van der Waals surface area (Å²) in [5.41, 5.74) is 4.08. The van der Waals surface area contributed by atoms with Crippen LogP contribution < -0.4 is 5.32 Å². The summed E-state index contributed by atoms with van der Waals surface area (Å²) in [7, 11) is 1.90. The Hall–Kier alpha value is -2.95. The summed E-state index contributed by atoms with van der Waals surface area (Å²) in [6.07, 6.45) is 4.74. The van der Waals surface area contributed by atoms with E-state index in [0.717, 1.165) is 23.4 Å². The Balaban J connectivity index is 1.54. The largest absolute Gasteiger partial charge is 0.350 e. The average molecular weight is 320 g/mol. The topological polar surface area (TPSA) is 59.8 Å². The van der Waals surface area contributed by atoms with Gasteiger partial charge in [0.25, 0.3) is 0 Å². The van der Waals surface area contributed by atoms with Crippen LogP contribution in [0.4, 0.5) is 0 Å². The van der Waals surface area contributed by atoms with Gasteiger partial charge in [-0.3, -0.25) is 14.5 Å². The quantitative estimate of drug-likeness (QED) is 0.760. The van der Waals surface area contributed by atoms with E-state index in [1.165, 1.54) is 5.56 Å². The van der Waals surface area contributed by atoms with Crippen LogP contribution in [0.5, 0.6) is 0 Å². The normalized spacial score (nSPS) is 10.5. The molecule has 0 aliphatic rings. The smallest absolute Gasteiger partial charge is 0.220 e. The van der Waals surface area contributed by atoms with Crippen LogP contribution in [0.3, 0.4) is 0 Å². The lowest BCUT2D eigenvalue weighted by Crippen LogP contribution is -2.23. The van der Waals surface area contributed by atoms with Gasteiger partial charge >= 0.3 is 0 Å². The molecular weight excluding hydrogens is 300 g/mol. The van der Waals surface area contributed by atoms with Crippen molar-refractivity contribution in [2.45, 2.75) is 19.4 Å². The van der Waals surface area contributed by atoms with Crippen LogP contribution in [0, 0.1) is 0 Å². The van der Waals surface area contributed by atoms with Crippen LogP contribution in [0.25, 0.3) is 11.3 Å². The first-order valence-electron chi connectivity index (χ1n) is 7.96. The maximum absolute atomic E-state index is 12.0. The van der Waals surface area contributed by atoms with E-state index in [4.69, 9.17) is 0 Å². The van der Waals surface area contributed by atoms with Crippen LogP contribution in [0.15, 0.2) is 60.9 Å². The maximum atomic E-state index is 12.0. The van der Waals surface area contributed by atoms with Gasteiger partial charge in [0.05, 0.1) is 17.9 Å². The third-order valence-corrected chi connectivity index (χ3v) is 3.86. The molecule has 1 N–H and O–H groups in total. The van der Waals surface area contributed by atoms with Crippen molar-refractivity contribution >= 4 is 5.91 Å². The zero-order chi connectivity index (χ0) is 16.8. The molecule has 0 fully saturated rings. The van der Waals surface area contributed by atoms with Crippen molar-refractivity contribution in [2.24, 2.45) is 7.05 Å². The van der Waals surface area contributed by atoms with Crippen molar-refractivity contribution < 1.29 is 4.79 Å². The minimum atomic E-state index is 0.0370. The minimum Gasteiger partial charge on any atom is -0.350 e. The Morgan fingerprint density at radius 2 is 1.88 bits per heavy atom. The first-order chi connectivity index (χ1) is 11.7. The lowest BCUT2D eigenvalue weighted by atomic mass is 10.1. The van der Waals surface area contributed by atoms with Crippen LogP contribution in [-0.2, 0) is 24.8 Å². The highest BCUT2D eigenvalue weighted by Crippen LogP contribution is 2.18. The average Bonchev–Trinajstić information content (AvgIpc) is 3.00. The molecule has 5 heteroatoms. The zero-order valence-electron chi connectivity index (χ0n) is 13.6. The summed E-state index contributed by atoms with van der Waals surface area (Å²) in [4.78, 5) is 16.0. The lowest BCUT2D eigenvalue weighted by Gasteiger charge is -2.03. The molecule has 0 aliphatic carbocycles. The number of aryl methyl sites for hydroxylation is 2. The van der Waals surface area contributed by atoms with Gasteiger partial charge in [-0.2, -0.15) is 5.10 Å². The Bertz CT molecular complexity index is 797. The second-order valence-corrected chi connectivity index (χ2v) is 5.64. The molecule has 24 heavy (non-hydrogen) atoms. The number of aromatic nitrogens is 3. The molecule has 0 spiro atoms. The first-order valence-corrected chi connectivity index (χ1v) is 7.96. The van der Waals surface area contributed by atoms with Gasteiger partial charge < -0.3 is 5.32 Å². The van der Waals surface area contributed by atoms with Gasteiger partial charge in [-0.15, -0.1) is 0 Å². The maximum Gasteiger partial charge on any atom is 0.220 e. The highest BCUT2D eigenvalue weighted by molar-refractivity contribution is 5.76. The number of hydrogen-bond acceptors (Lipinski definition) is 3. The molecule has 0 saturated carbocycles. The molecule has 0 unspecified atom stereocenters. The summed E-state index contributed by atoms with van der Waals surface area (Å²) >= 11 is 0. The zero-order valence-corrected chi connectivity index (χ0v) is 13.6. The summed E-state index contributed by atoms with van der Waals surface area (Å²) in [5.74, 6) is 0.0370. The predicted octanol–water partition coefficient (Wildman–Crippen LogP) is 2.73. The number of amides is 1. The van der Waals surface area contributed by atoms with Gasteiger partial charge in [0, 0.05) is 31.4 Å². The second kappa shape index (κ2) is 7.55. The van der Waals surface area contributed by atoms with Crippen LogP contribution in [0.1, 0.15) is 17.7 Å². The molecule has 0 aliphatic heterocycles. The van der Waals surface area contributed by atoms with E-state index in [2.05, 4.69) is 15.4 Å². The van der Waals surface area contributed by atoms with E-state index in [0.29, 0.717) is 13.0 Å². The predicted molar refractivity (Wildman–Crippen MR) is 93.0 cm³/mol. The first kappa shape index (κ1) is 15.9. The van der Waals surface area contributed by atoms with Crippen molar-refractivity contribution in [3.63, 3.8) is 0 Å². The van der Waals surface area contributed by atoms with Gasteiger partial charge in [0.2, 0.25) is 5.91 Å². The number of pyridine rings is 1. The molecule has 0 saturated heterocycles. The molecule has 122 valence electrons. The molecular formula is C19H20N4O. The molecule has 1 aromatic carbocycles. The third-order valence-electron chi connectivity index (χ3n) is 3.86. The van der Waals surface area contributed by atoms with E-state index in [1.807, 2.05) is 60.3 Å². The molecule has 2 heterocycles. The van der Waals surface area contributed by atoms with Gasteiger partial charge in [0.15, 0.2) is 0 Å². The van der Waals surface area contributed by atoms with E-state index < -0.39 is 0 Å². The van der Waals surface area contributed by atoms with E-state index in [9.17, 15) is 4.79 Å². The van der Waals surface area contributed by atoms with Crippen LogP contribution >= 0.6 is 0 Å². The van der Waals surface area contributed by atoms with E-state index >= 15 is 0 Å². The van der Waals surface area contributed by atoms with E-state index in [-0.39, 0.29) is 5.91 Å². The number of hydrogen-bond donors (Lipinski definition) is 1. The molecule has 3 aromatic rings. The van der Waals surface area contributed by atoms with Gasteiger partial charge in [-0.1, -0.05) is 30.3 Å². The summed E-state index contributed by atoms with van der Waals surface area (Å²) < 4.78 is 1.82. The SMILES string of the molecule is Cn1nc(CNC(=O)CCc2ccccc2)cc1-c1ccncc1. The lowest BCUT2D eigenvalue weighted by molar-refractivity contribution is -0.121. The molecule has 0 atom stereocenters. The van der Waals surface area contributed by atoms with Crippen molar-refractivity contribution in [2.75, 3.05) is 0 Å². The molecule has 3 rings (SSSR count). The minimum absolute atomic E-state index is 0.0370. The number of benzene rings is 1. The van der Waals surface area contributed by atoms with E-state index in [1.54, 1.807) is 12.4 Å².